The molecule has 0 saturated carbocycles. The van der Waals surface area contributed by atoms with Crippen molar-refractivity contribution in [2.75, 3.05) is 11.9 Å². The molecule has 0 unspecified atom stereocenters. The number of aromatic carboxylic acids is 1. The van der Waals surface area contributed by atoms with Crippen molar-refractivity contribution in [3.05, 3.63) is 63.5 Å². The number of amides is 1. The number of benzene rings is 2. The van der Waals surface area contributed by atoms with E-state index in [4.69, 9.17) is 16.7 Å². The molecule has 0 spiro atoms. The molecule has 0 bridgehead atoms. The number of carboxylic acid groups (broad SMARTS) is 1. The third kappa shape index (κ3) is 2.98. The number of rotatable bonds is 2. The van der Waals surface area contributed by atoms with Crippen molar-refractivity contribution in [2.45, 2.75) is 4.90 Å². The molecule has 2 aromatic carbocycles. The van der Waals surface area contributed by atoms with Crippen LogP contribution in [0, 0.1) is 0 Å². The number of carbonyl (C=O) groups excluding carboxylic acids is 1. The van der Waals surface area contributed by atoms with Crippen LogP contribution in [0.5, 0.6) is 0 Å². The summed E-state index contributed by atoms with van der Waals surface area (Å²) in [5.41, 5.74) is 1.52. The second-order valence-corrected chi connectivity index (χ2v) is 6.47. The summed E-state index contributed by atoms with van der Waals surface area (Å²) in [4.78, 5) is 26.4. The first-order chi connectivity index (χ1) is 11.0. The topological polar surface area (TPSA) is 57.6 Å². The molecule has 1 aliphatic rings. The maximum absolute atomic E-state index is 12.5. The molecule has 0 fully saturated rings. The Kier molecular flexibility index (Phi) is 4.15. The molecule has 1 amide bonds. The van der Waals surface area contributed by atoms with Crippen molar-refractivity contribution in [3.8, 4) is 0 Å². The van der Waals surface area contributed by atoms with Crippen molar-refractivity contribution >= 4 is 47.0 Å². The molecule has 6 heteroatoms. The number of hydrogen-bond donors (Lipinski definition) is 1. The minimum atomic E-state index is -1.02. The highest BCUT2D eigenvalue weighted by molar-refractivity contribution is 8.04. The normalized spacial score (nSPS) is 15.7. The summed E-state index contributed by atoms with van der Waals surface area (Å²) in [6.45, 7) is 0. The van der Waals surface area contributed by atoms with Crippen LogP contribution >= 0.6 is 23.4 Å². The number of halogens is 1. The van der Waals surface area contributed by atoms with Gasteiger partial charge in [0.1, 0.15) is 0 Å². The summed E-state index contributed by atoms with van der Waals surface area (Å²) in [5.74, 6) is -1.21. The number of hydrogen-bond acceptors (Lipinski definition) is 3. The van der Waals surface area contributed by atoms with Crippen molar-refractivity contribution in [3.63, 3.8) is 0 Å². The molecule has 0 aromatic heterocycles. The second kappa shape index (κ2) is 6.10. The van der Waals surface area contributed by atoms with E-state index in [-0.39, 0.29) is 11.5 Å². The first-order valence-corrected chi connectivity index (χ1v) is 7.96. The Balaban J connectivity index is 2.04. The first-order valence-electron chi connectivity index (χ1n) is 6.77. The van der Waals surface area contributed by atoms with E-state index in [9.17, 15) is 9.59 Å². The lowest BCUT2D eigenvalue weighted by atomic mass is 10.1. The van der Waals surface area contributed by atoms with Crippen LogP contribution in [0.3, 0.4) is 0 Å². The van der Waals surface area contributed by atoms with Gasteiger partial charge in [0.15, 0.2) is 0 Å². The van der Waals surface area contributed by atoms with Crippen LogP contribution in [0.25, 0.3) is 6.08 Å². The molecular weight excluding hydrogens is 334 g/mol. The summed E-state index contributed by atoms with van der Waals surface area (Å²) < 4.78 is 0. The van der Waals surface area contributed by atoms with Crippen LogP contribution in [0.2, 0.25) is 5.02 Å². The Morgan fingerprint density at radius 2 is 2.00 bits per heavy atom. The summed E-state index contributed by atoms with van der Waals surface area (Å²) in [5, 5.41) is 9.65. The van der Waals surface area contributed by atoms with Crippen LogP contribution in [-0.4, -0.2) is 24.0 Å². The predicted octanol–water partition coefficient (Wildman–Crippen LogP) is 4.15. The van der Waals surface area contributed by atoms with Gasteiger partial charge in [-0.05, 0) is 35.9 Å². The Morgan fingerprint density at radius 3 is 2.70 bits per heavy atom. The molecule has 0 atom stereocenters. The highest BCUT2D eigenvalue weighted by Gasteiger charge is 2.27. The van der Waals surface area contributed by atoms with Crippen molar-refractivity contribution in [1.29, 1.82) is 0 Å². The van der Waals surface area contributed by atoms with Gasteiger partial charge in [-0.3, -0.25) is 4.79 Å². The molecule has 2 aromatic rings. The smallest absolute Gasteiger partial charge is 0.335 e. The fourth-order valence-electron chi connectivity index (χ4n) is 2.26. The third-order valence-corrected chi connectivity index (χ3v) is 4.92. The minimum Gasteiger partial charge on any atom is -0.478 e. The molecular formula is C17H12ClNO3S. The van der Waals surface area contributed by atoms with Gasteiger partial charge < -0.3 is 10.0 Å². The van der Waals surface area contributed by atoms with E-state index >= 15 is 0 Å². The van der Waals surface area contributed by atoms with E-state index in [1.165, 1.54) is 28.8 Å². The van der Waals surface area contributed by atoms with E-state index in [2.05, 4.69) is 0 Å². The summed E-state index contributed by atoms with van der Waals surface area (Å²) in [6, 6.07) is 12.0. The fourth-order valence-corrected chi connectivity index (χ4v) is 3.53. The summed E-state index contributed by atoms with van der Waals surface area (Å²) in [7, 11) is 1.63. The average Bonchev–Trinajstić information content (AvgIpc) is 2.54. The summed E-state index contributed by atoms with van der Waals surface area (Å²) >= 11 is 7.45. The molecule has 1 heterocycles. The quantitative estimate of drug-likeness (QED) is 0.831. The highest BCUT2D eigenvalue weighted by atomic mass is 35.5. The van der Waals surface area contributed by atoms with E-state index in [0.717, 1.165) is 10.5 Å². The van der Waals surface area contributed by atoms with Crippen LogP contribution in [0.15, 0.2) is 52.3 Å². The Morgan fingerprint density at radius 1 is 1.26 bits per heavy atom. The highest BCUT2D eigenvalue weighted by Crippen LogP contribution is 2.42. The standard InChI is InChI=1S/C17H12ClNO3S/c1-19-13-8-11(17(21)22)6-7-14(13)23-15(16(19)20)9-10-4-2-3-5-12(10)18/h2-9H,1H3,(H,21,22). The van der Waals surface area contributed by atoms with Gasteiger partial charge in [0.25, 0.3) is 5.91 Å². The number of carbonyl (C=O) groups is 2. The van der Waals surface area contributed by atoms with Gasteiger partial charge in [0.2, 0.25) is 0 Å². The molecule has 1 N–H and O–H groups in total. The van der Waals surface area contributed by atoms with Crippen molar-refractivity contribution in [1.82, 2.24) is 0 Å². The zero-order valence-electron chi connectivity index (χ0n) is 12.1. The molecule has 0 saturated heterocycles. The van der Waals surface area contributed by atoms with Gasteiger partial charge >= 0.3 is 5.97 Å². The van der Waals surface area contributed by atoms with Crippen LogP contribution in [0.1, 0.15) is 15.9 Å². The predicted molar refractivity (Wildman–Crippen MR) is 92.1 cm³/mol. The third-order valence-electron chi connectivity index (χ3n) is 3.49. The number of carboxylic acids is 1. The molecule has 116 valence electrons. The molecule has 0 radical (unpaired) electrons. The zero-order valence-corrected chi connectivity index (χ0v) is 13.7. The van der Waals surface area contributed by atoms with Gasteiger partial charge in [0, 0.05) is 17.0 Å². The van der Waals surface area contributed by atoms with Gasteiger partial charge in [-0.1, -0.05) is 41.6 Å². The Bertz CT molecular complexity index is 847. The SMILES string of the molecule is CN1C(=O)C(=Cc2ccccc2Cl)Sc2ccc(C(=O)O)cc21. The maximum atomic E-state index is 12.5. The van der Waals surface area contributed by atoms with E-state index in [0.29, 0.717) is 15.6 Å². The van der Waals surface area contributed by atoms with Crippen molar-refractivity contribution < 1.29 is 14.7 Å². The molecule has 4 nitrogen and oxygen atoms in total. The molecule has 0 aliphatic carbocycles. The van der Waals surface area contributed by atoms with E-state index in [1.807, 2.05) is 18.2 Å². The number of likely N-dealkylation sites (N-methyl/N-ethyl adjacent to an activating group) is 1. The lowest BCUT2D eigenvalue weighted by Crippen LogP contribution is -2.30. The fraction of sp³-hybridized carbons (Fsp3) is 0.0588. The van der Waals surface area contributed by atoms with Crippen LogP contribution in [-0.2, 0) is 4.79 Å². The molecule has 1 aliphatic heterocycles. The van der Waals surface area contributed by atoms with E-state index in [1.54, 1.807) is 25.3 Å². The van der Waals surface area contributed by atoms with Crippen molar-refractivity contribution in [2.24, 2.45) is 0 Å². The lowest BCUT2D eigenvalue weighted by molar-refractivity contribution is -0.114. The Labute approximate surface area is 142 Å². The maximum Gasteiger partial charge on any atom is 0.335 e. The van der Waals surface area contributed by atoms with E-state index < -0.39 is 5.97 Å². The second-order valence-electron chi connectivity index (χ2n) is 4.98. The number of fused-ring (bicyclic) bond motifs is 1. The number of thioether (sulfide) groups is 1. The largest absolute Gasteiger partial charge is 0.478 e. The molecule has 3 rings (SSSR count). The summed E-state index contributed by atoms with van der Waals surface area (Å²) in [6.07, 6.45) is 1.75. The van der Waals surface area contributed by atoms with Gasteiger partial charge in [-0.15, -0.1) is 0 Å². The number of anilines is 1. The number of nitrogens with zero attached hydrogens (tertiary/aromatic N) is 1. The zero-order chi connectivity index (χ0) is 16.6. The lowest BCUT2D eigenvalue weighted by Gasteiger charge is -2.27. The van der Waals surface area contributed by atoms with Gasteiger partial charge in [-0.2, -0.15) is 0 Å². The Hall–Kier alpha value is -2.24. The minimum absolute atomic E-state index is 0.155. The monoisotopic (exact) mass is 345 g/mol. The van der Waals surface area contributed by atoms with Gasteiger partial charge in [-0.25, -0.2) is 4.79 Å². The van der Waals surface area contributed by atoms with Crippen LogP contribution in [0.4, 0.5) is 5.69 Å². The van der Waals surface area contributed by atoms with Crippen LogP contribution < -0.4 is 4.90 Å². The average molecular weight is 346 g/mol. The first kappa shape index (κ1) is 15.6. The van der Waals surface area contributed by atoms with Gasteiger partial charge in [0.05, 0.1) is 16.2 Å². The molecule has 23 heavy (non-hydrogen) atoms.